The monoisotopic (exact) mass is 805 g/mol. The summed E-state index contributed by atoms with van der Waals surface area (Å²) >= 11 is 0. The zero-order chi connectivity index (χ0) is 42.8. The number of nitrogens with one attached hydrogen (secondary N) is 5. The molecule has 1 atom stereocenters. The normalized spacial score (nSPS) is 11.4. The van der Waals surface area contributed by atoms with Crippen molar-refractivity contribution >= 4 is 64.3 Å². The number of carbonyl (C=O) groups excluding carboxylic acids is 5. The van der Waals surface area contributed by atoms with E-state index in [-0.39, 0.29) is 45.3 Å². The van der Waals surface area contributed by atoms with E-state index < -0.39 is 64.4 Å². The third-order valence-corrected chi connectivity index (χ3v) is 8.51. The van der Waals surface area contributed by atoms with Gasteiger partial charge in [-0.3, -0.25) is 24.0 Å². The number of ether oxygens (including phenoxy) is 2. The number of carboxylic acid groups (broad SMARTS) is 1. The molecular weight excluding hydrogens is 769 g/mol. The number of phenolic OH excluding ortho intramolecular Hbond substituents is 1. The van der Waals surface area contributed by atoms with E-state index in [2.05, 4.69) is 26.6 Å². The lowest BCUT2D eigenvalue weighted by molar-refractivity contribution is -0.117. The van der Waals surface area contributed by atoms with E-state index in [9.17, 15) is 48.5 Å². The molecule has 0 unspecified atom stereocenters. The van der Waals surface area contributed by atoms with Crippen LogP contribution >= 0.6 is 0 Å². The number of benzene rings is 5. The summed E-state index contributed by atoms with van der Waals surface area (Å²) in [5.74, 6) is -8.00. The molecule has 302 valence electrons. The first kappa shape index (κ1) is 41.9. The minimum atomic E-state index is -1.42. The van der Waals surface area contributed by atoms with Crippen LogP contribution in [0.5, 0.6) is 23.0 Å². The van der Waals surface area contributed by atoms with Gasteiger partial charge in [-0.05, 0) is 91.4 Å². The number of hydrogen-bond acceptors (Lipinski definition) is 10. The van der Waals surface area contributed by atoms with Gasteiger partial charge in [0.25, 0.3) is 23.6 Å². The van der Waals surface area contributed by atoms with Gasteiger partial charge in [-0.2, -0.15) is 0 Å². The summed E-state index contributed by atoms with van der Waals surface area (Å²) in [4.78, 5) is 75.5. The first-order valence-corrected chi connectivity index (χ1v) is 17.4. The lowest BCUT2D eigenvalue weighted by Crippen LogP contribution is -2.41. The highest BCUT2D eigenvalue weighted by Crippen LogP contribution is 2.40. The van der Waals surface area contributed by atoms with Gasteiger partial charge in [-0.1, -0.05) is 30.3 Å². The van der Waals surface area contributed by atoms with Crippen molar-refractivity contribution in [3.63, 3.8) is 0 Å². The number of aromatic carboxylic acids is 1. The van der Waals surface area contributed by atoms with E-state index in [0.29, 0.717) is 11.3 Å². The van der Waals surface area contributed by atoms with Gasteiger partial charge in [0.2, 0.25) is 5.91 Å². The van der Waals surface area contributed by atoms with E-state index in [4.69, 9.17) is 9.47 Å². The minimum absolute atomic E-state index is 0.00110. The van der Waals surface area contributed by atoms with Gasteiger partial charge in [0.15, 0.2) is 28.8 Å². The number of carbonyl (C=O) groups is 6. The average Bonchev–Trinajstić information content (AvgIpc) is 3.21. The van der Waals surface area contributed by atoms with E-state index in [1.54, 1.807) is 30.3 Å². The molecule has 8 N–H and O–H groups in total. The highest BCUT2D eigenvalue weighted by molar-refractivity contribution is 6.10. The van der Waals surface area contributed by atoms with E-state index >= 15 is 0 Å². The first-order chi connectivity index (χ1) is 28.2. The summed E-state index contributed by atoms with van der Waals surface area (Å²) in [7, 11) is 2.36. The highest BCUT2D eigenvalue weighted by Gasteiger charge is 2.24. The molecule has 0 aliphatic rings. The van der Waals surface area contributed by atoms with Gasteiger partial charge in [-0.25, -0.2) is 9.18 Å². The largest absolute Gasteiger partial charge is 0.504 e. The van der Waals surface area contributed by atoms with E-state index in [1.807, 2.05) is 0 Å². The van der Waals surface area contributed by atoms with Crippen molar-refractivity contribution in [1.82, 2.24) is 5.32 Å². The van der Waals surface area contributed by atoms with E-state index in [1.165, 1.54) is 80.8 Å². The van der Waals surface area contributed by atoms with E-state index in [0.717, 1.165) is 19.3 Å². The Hall–Kier alpha value is -8.21. The molecule has 0 aromatic heterocycles. The van der Waals surface area contributed by atoms with Crippen molar-refractivity contribution in [3.8, 4) is 23.0 Å². The summed E-state index contributed by atoms with van der Waals surface area (Å²) in [6.07, 6.45) is 1.10. The Balaban J connectivity index is 1.15. The molecule has 5 amide bonds. The van der Waals surface area contributed by atoms with Gasteiger partial charge in [0, 0.05) is 22.5 Å². The van der Waals surface area contributed by atoms with Gasteiger partial charge in [-0.15, -0.1) is 0 Å². The van der Waals surface area contributed by atoms with Crippen molar-refractivity contribution in [3.05, 3.63) is 137 Å². The van der Waals surface area contributed by atoms with Crippen LogP contribution in [0.2, 0.25) is 0 Å². The third-order valence-electron chi connectivity index (χ3n) is 8.51. The van der Waals surface area contributed by atoms with Crippen LogP contribution in [-0.2, 0) is 9.59 Å². The number of anilines is 4. The number of halogens is 1. The van der Waals surface area contributed by atoms with Crippen LogP contribution in [-0.4, -0.2) is 71.1 Å². The second-order valence-corrected chi connectivity index (χ2v) is 12.5. The van der Waals surface area contributed by atoms with Crippen molar-refractivity contribution < 1.29 is 58.0 Å². The number of phenols is 2. The molecule has 0 fully saturated rings. The number of aromatic hydroxyl groups is 2. The number of amides is 5. The predicted molar refractivity (Wildman–Crippen MR) is 215 cm³/mol. The van der Waals surface area contributed by atoms with Crippen LogP contribution in [0.15, 0.2) is 109 Å². The molecule has 0 heterocycles. The fraction of sp³-hybridized carbons (Fsp3) is 0.0952. The van der Waals surface area contributed by atoms with Crippen LogP contribution in [0, 0.1) is 0 Å². The van der Waals surface area contributed by atoms with Gasteiger partial charge >= 0.3 is 5.97 Å². The summed E-state index contributed by atoms with van der Waals surface area (Å²) < 4.78 is 24.7. The summed E-state index contributed by atoms with van der Waals surface area (Å²) in [6, 6.07) is 23.6. The number of carboxylic acids is 1. The molecule has 0 saturated heterocycles. The summed E-state index contributed by atoms with van der Waals surface area (Å²) in [5.41, 5.74) is 0.530. The molecule has 17 heteroatoms. The maximum atomic E-state index is 14.3. The van der Waals surface area contributed by atoms with Crippen molar-refractivity contribution in [2.24, 2.45) is 0 Å². The molecule has 5 aromatic rings. The van der Waals surface area contributed by atoms with Gasteiger partial charge in [0.05, 0.1) is 31.2 Å². The predicted octanol–water partition coefficient (Wildman–Crippen LogP) is 6.02. The Labute approximate surface area is 335 Å². The molecule has 0 spiro atoms. The average molecular weight is 806 g/mol. The first-order valence-electron chi connectivity index (χ1n) is 17.4. The van der Waals surface area contributed by atoms with Crippen LogP contribution in [0.25, 0.3) is 6.08 Å². The third kappa shape index (κ3) is 10.2. The standard InChI is InChI=1S/C42H36FN5O11/c1-22(44-38(52)24-9-15-27(16-10-24)46-41(55)30(43)21-23-7-5-4-6-8-23)37(51)45-26-13-11-25(12-14-26)39(53)47-31-19-17-28(33(49)35(31)58-2)40(54)48-32-20-18-29(42(56)57)34(50)36(32)59-3/h4-22,49-50H,1-3H3,(H,44,52)(H,45,51)(H,46,55)(H,47,53)(H,48,54)(H,56,57)/b30-21-/t22-/m0/s1. The van der Waals surface area contributed by atoms with Crippen molar-refractivity contribution in [2.75, 3.05) is 35.5 Å². The Morgan fingerprint density at radius 3 is 1.64 bits per heavy atom. The lowest BCUT2D eigenvalue weighted by Gasteiger charge is -2.16. The Bertz CT molecular complexity index is 2460. The zero-order valence-corrected chi connectivity index (χ0v) is 31.5. The molecule has 0 aliphatic carbocycles. The zero-order valence-electron chi connectivity index (χ0n) is 31.5. The lowest BCUT2D eigenvalue weighted by atomic mass is 10.1. The molecule has 0 saturated carbocycles. The van der Waals surface area contributed by atoms with Crippen LogP contribution in [0.4, 0.5) is 27.1 Å². The Morgan fingerprint density at radius 1 is 0.610 bits per heavy atom. The molecule has 0 radical (unpaired) electrons. The van der Waals surface area contributed by atoms with Gasteiger partial charge in [0.1, 0.15) is 11.6 Å². The minimum Gasteiger partial charge on any atom is -0.504 e. The van der Waals surface area contributed by atoms with Crippen molar-refractivity contribution in [2.45, 2.75) is 13.0 Å². The summed E-state index contributed by atoms with van der Waals surface area (Å²) in [6.45, 7) is 1.46. The molecule has 0 aliphatic heterocycles. The molecule has 59 heavy (non-hydrogen) atoms. The quantitative estimate of drug-likeness (QED) is 0.0603. The van der Waals surface area contributed by atoms with Crippen LogP contribution in [0.1, 0.15) is 53.9 Å². The fourth-order valence-corrected chi connectivity index (χ4v) is 5.45. The van der Waals surface area contributed by atoms with Crippen LogP contribution in [0.3, 0.4) is 0 Å². The SMILES string of the molecule is COc1c(NC(=O)c2ccc(NC(=O)c3ccc(NC(=O)[C@H](C)NC(=O)c4ccc(NC(=O)/C(F)=C/c5ccccc5)cc4)cc3)c(OC)c2O)ccc(C(=O)O)c1O. The number of rotatable bonds is 14. The Kier molecular flexibility index (Phi) is 13.2. The smallest absolute Gasteiger partial charge is 0.339 e. The second-order valence-electron chi connectivity index (χ2n) is 12.5. The molecular formula is C42H36FN5O11. The second kappa shape index (κ2) is 18.6. The molecule has 5 aromatic carbocycles. The molecule has 16 nitrogen and oxygen atoms in total. The fourth-order valence-electron chi connectivity index (χ4n) is 5.45. The molecule has 5 rings (SSSR count). The molecule has 0 bridgehead atoms. The summed E-state index contributed by atoms with van der Waals surface area (Å²) in [5, 5.41) is 43.0. The van der Waals surface area contributed by atoms with Crippen molar-refractivity contribution in [1.29, 1.82) is 0 Å². The van der Waals surface area contributed by atoms with Gasteiger partial charge < -0.3 is 51.4 Å². The topological polar surface area (TPSA) is 242 Å². The maximum Gasteiger partial charge on any atom is 0.339 e. The number of methoxy groups -OCH3 is 2. The highest BCUT2D eigenvalue weighted by atomic mass is 19.1. The Morgan fingerprint density at radius 2 is 1.10 bits per heavy atom. The van der Waals surface area contributed by atoms with Crippen LogP contribution < -0.4 is 36.1 Å². The number of hydrogen-bond donors (Lipinski definition) is 8. The maximum absolute atomic E-state index is 14.3.